The van der Waals surface area contributed by atoms with E-state index in [4.69, 9.17) is 4.42 Å². The van der Waals surface area contributed by atoms with Crippen molar-refractivity contribution in [2.24, 2.45) is 10.2 Å². The molecule has 2 heterocycles. The molecule has 0 saturated heterocycles. The lowest BCUT2D eigenvalue weighted by atomic mass is 10.2. The Balaban J connectivity index is 1.60. The molecule has 1 N–H and O–H groups in total. The van der Waals surface area contributed by atoms with E-state index in [-0.39, 0.29) is 11.2 Å². The van der Waals surface area contributed by atoms with Crippen molar-refractivity contribution in [1.29, 1.82) is 0 Å². The lowest BCUT2D eigenvalue weighted by Crippen LogP contribution is -2.26. The molecule has 1 aromatic heterocycles. The fourth-order valence-electron chi connectivity index (χ4n) is 2.25. The number of benzene rings is 1. The Morgan fingerprint density at radius 3 is 2.88 bits per heavy atom. The molecule has 0 aliphatic carbocycles. The minimum Gasteiger partial charge on any atom is -0.472 e. The van der Waals surface area contributed by atoms with Gasteiger partial charge in [0.15, 0.2) is 0 Å². The Morgan fingerprint density at radius 1 is 1.33 bits per heavy atom. The molecule has 24 heavy (non-hydrogen) atoms. The van der Waals surface area contributed by atoms with E-state index >= 15 is 0 Å². The van der Waals surface area contributed by atoms with Gasteiger partial charge in [0, 0.05) is 17.7 Å². The second kappa shape index (κ2) is 7.79. The largest absolute Gasteiger partial charge is 0.472 e. The minimum atomic E-state index is -0.291. The van der Waals surface area contributed by atoms with Crippen LogP contribution in [0.4, 0.5) is 5.69 Å². The highest BCUT2D eigenvalue weighted by molar-refractivity contribution is 8.15. The average molecular weight is 339 g/mol. The SMILES string of the molecule is C=CCC(SC1=NN=C(c2ccoc2)C1)C(=O)Nc1ccccc1. The van der Waals surface area contributed by atoms with Gasteiger partial charge in [-0.15, -0.1) is 11.7 Å². The summed E-state index contributed by atoms with van der Waals surface area (Å²) in [6.45, 7) is 3.75. The highest BCUT2D eigenvalue weighted by Gasteiger charge is 2.24. The zero-order chi connectivity index (χ0) is 16.8. The van der Waals surface area contributed by atoms with Crippen LogP contribution in [0.1, 0.15) is 18.4 Å². The van der Waals surface area contributed by atoms with Crippen LogP contribution < -0.4 is 5.32 Å². The number of anilines is 1. The van der Waals surface area contributed by atoms with E-state index in [1.54, 1.807) is 18.6 Å². The molecule has 0 saturated carbocycles. The van der Waals surface area contributed by atoms with E-state index in [0.29, 0.717) is 12.8 Å². The second-order valence-electron chi connectivity index (χ2n) is 5.22. The first-order chi connectivity index (χ1) is 11.8. The molecule has 0 bridgehead atoms. The molecule has 0 radical (unpaired) electrons. The van der Waals surface area contributed by atoms with E-state index in [1.807, 2.05) is 36.4 Å². The second-order valence-corrected chi connectivity index (χ2v) is 6.49. The van der Waals surface area contributed by atoms with Crippen molar-refractivity contribution >= 4 is 34.1 Å². The number of rotatable bonds is 6. The van der Waals surface area contributed by atoms with Crippen LogP contribution in [-0.2, 0) is 4.79 Å². The van der Waals surface area contributed by atoms with Crippen molar-refractivity contribution < 1.29 is 9.21 Å². The Hall–Kier alpha value is -2.60. The Morgan fingerprint density at radius 2 is 2.17 bits per heavy atom. The number of amides is 1. The van der Waals surface area contributed by atoms with Gasteiger partial charge in [-0.2, -0.15) is 5.10 Å². The van der Waals surface area contributed by atoms with E-state index in [0.717, 1.165) is 22.0 Å². The van der Waals surface area contributed by atoms with Gasteiger partial charge in [0.2, 0.25) is 5.91 Å². The number of nitrogens with zero attached hydrogens (tertiary/aromatic N) is 2. The summed E-state index contributed by atoms with van der Waals surface area (Å²) in [6.07, 6.45) is 6.16. The van der Waals surface area contributed by atoms with Crippen molar-refractivity contribution in [3.63, 3.8) is 0 Å². The molecular formula is C18H17N3O2S. The standard InChI is InChI=1S/C18H17N3O2S/c1-2-6-16(18(22)19-14-7-4-3-5-8-14)24-17-11-15(20-21-17)13-9-10-23-12-13/h2-5,7-10,12,16H,1,6,11H2,(H,19,22). The number of furan rings is 1. The van der Waals surface area contributed by atoms with Crippen LogP contribution in [0.25, 0.3) is 0 Å². The predicted molar refractivity (Wildman–Crippen MR) is 98.6 cm³/mol. The maximum absolute atomic E-state index is 12.5. The van der Waals surface area contributed by atoms with Crippen molar-refractivity contribution in [3.8, 4) is 0 Å². The fraction of sp³-hybridized carbons (Fsp3) is 0.167. The lowest BCUT2D eigenvalue weighted by Gasteiger charge is -2.14. The summed E-state index contributed by atoms with van der Waals surface area (Å²) >= 11 is 1.43. The highest BCUT2D eigenvalue weighted by Crippen LogP contribution is 2.25. The predicted octanol–water partition coefficient (Wildman–Crippen LogP) is 4.10. The number of nitrogens with one attached hydrogen (secondary N) is 1. The smallest absolute Gasteiger partial charge is 0.238 e. The van der Waals surface area contributed by atoms with Crippen LogP contribution >= 0.6 is 11.8 Å². The van der Waals surface area contributed by atoms with E-state index in [1.165, 1.54) is 11.8 Å². The van der Waals surface area contributed by atoms with Gasteiger partial charge < -0.3 is 9.73 Å². The van der Waals surface area contributed by atoms with Crippen molar-refractivity contribution in [2.45, 2.75) is 18.1 Å². The maximum Gasteiger partial charge on any atom is 0.238 e. The lowest BCUT2D eigenvalue weighted by molar-refractivity contribution is -0.115. The highest BCUT2D eigenvalue weighted by atomic mass is 32.2. The summed E-state index contributed by atoms with van der Waals surface area (Å²) in [7, 11) is 0. The van der Waals surface area contributed by atoms with Gasteiger partial charge in [-0.1, -0.05) is 36.0 Å². The van der Waals surface area contributed by atoms with Crippen LogP contribution in [0.5, 0.6) is 0 Å². The summed E-state index contributed by atoms with van der Waals surface area (Å²) in [6, 6.07) is 11.3. The summed E-state index contributed by atoms with van der Waals surface area (Å²) < 4.78 is 5.07. The molecule has 1 atom stereocenters. The topological polar surface area (TPSA) is 67.0 Å². The first-order valence-corrected chi connectivity index (χ1v) is 8.43. The molecule has 122 valence electrons. The van der Waals surface area contributed by atoms with Crippen LogP contribution in [0.2, 0.25) is 0 Å². The van der Waals surface area contributed by atoms with Gasteiger partial charge in [0.05, 0.1) is 23.5 Å². The molecular weight excluding hydrogens is 322 g/mol. The van der Waals surface area contributed by atoms with Gasteiger partial charge in [-0.3, -0.25) is 4.79 Å². The van der Waals surface area contributed by atoms with Gasteiger partial charge in [-0.05, 0) is 24.6 Å². The molecule has 1 unspecified atom stereocenters. The molecule has 1 aliphatic heterocycles. The third kappa shape index (κ3) is 4.02. The number of hydrogen-bond acceptors (Lipinski definition) is 5. The van der Waals surface area contributed by atoms with Crippen molar-refractivity contribution in [2.75, 3.05) is 5.32 Å². The number of para-hydroxylation sites is 1. The third-order valence-corrected chi connectivity index (χ3v) is 4.64. The zero-order valence-electron chi connectivity index (χ0n) is 13.0. The summed E-state index contributed by atoms with van der Waals surface area (Å²) in [4.78, 5) is 12.5. The molecule has 1 aromatic carbocycles. The van der Waals surface area contributed by atoms with Gasteiger partial charge in [-0.25, -0.2) is 0 Å². The van der Waals surface area contributed by atoms with Crippen molar-refractivity contribution in [1.82, 2.24) is 0 Å². The van der Waals surface area contributed by atoms with Gasteiger partial charge in [0.25, 0.3) is 0 Å². The maximum atomic E-state index is 12.5. The monoisotopic (exact) mass is 339 g/mol. The first kappa shape index (κ1) is 16.3. The first-order valence-electron chi connectivity index (χ1n) is 7.55. The van der Waals surface area contributed by atoms with Crippen LogP contribution in [0.15, 0.2) is 76.2 Å². The zero-order valence-corrected chi connectivity index (χ0v) is 13.8. The number of carbonyl (C=O) groups is 1. The normalized spacial score (nSPS) is 14.7. The minimum absolute atomic E-state index is 0.0643. The summed E-state index contributed by atoms with van der Waals surface area (Å²) in [5, 5.41) is 11.8. The number of hydrogen-bond donors (Lipinski definition) is 1. The quantitative estimate of drug-likeness (QED) is 0.806. The molecule has 1 aliphatic rings. The molecule has 2 aromatic rings. The number of carbonyl (C=O) groups excluding carboxylic acids is 1. The molecule has 3 rings (SSSR count). The molecule has 0 fully saturated rings. The van der Waals surface area contributed by atoms with Gasteiger partial charge >= 0.3 is 0 Å². The summed E-state index contributed by atoms with van der Waals surface area (Å²) in [5.41, 5.74) is 2.55. The van der Waals surface area contributed by atoms with Crippen molar-refractivity contribution in [3.05, 3.63) is 67.1 Å². The Labute approximate surface area is 144 Å². The number of thioether (sulfide) groups is 1. The fourth-order valence-corrected chi connectivity index (χ4v) is 3.29. The Bertz CT molecular complexity index is 767. The number of allylic oxidation sites excluding steroid dienone is 1. The molecule has 1 amide bonds. The van der Waals surface area contributed by atoms with Crippen LogP contribution in [0, 0.1) is 0 Å². The molecule has 5 nitrogen and oxygen atoms in total. The third-order valence-electron chi connectivity index (χ3n) is 3.45. The average Bonchev–Trinajstić information content (AvgIpc) is 3.26. The molecule has 6 heteroatoms. The van der Waals surface area contributed by atoms with E-state index < -0.39 is 0 Å². The van der Waals surface area contributed by atoms with E-state index in [2.05, 4.69) is 22.1 Å². The van der Waals surface area contributed by atoms with Gasteiger partial charge in [0.1, 0.15) is 5.04 Å². The summed E-state index contributed by atoms with van der Waals surface area (Å²) in [5.74, 6) is -0.0643. The van der Waals surface area contributed by atoms with E-state index in [9.17, 15) is 4.79 Å². The Kier molecular flexibility index (Phi) is 5.28. The molecule has 0 spiro atoms. The van der Waals surface area contributed by atoms with Crippen LogP contribution in [0.3, 0.4) is 0 Å². The van der Waals surface area contributed by atoms with Crippen LogP contribution in [-0.4, -0.2) is 21.9 Å².